The summed E-state index contributed by atoms with van der Waals surface area (Å²) >= 11 is 0. The van der Waals surface area contributed by atoms with Crippen molar-refractivity contribution in [2.75, 3.05) is 6.54 Å². The highest BCUT2D eigenvalue weighted by Gasteiger charge is 2.35. The van der Waals surface area contributed by atoms with E-state index in [9.17, 15) is 19.5 Å². The number of aliphatic carboxylic acids is 1. The zero-order valence-corrected chi connectivity index (χ0v) is 13.2. The third kappa shape index (κ3) is 3.26. The number of rotatable bonds is 6. The summed E-state index contributed by atoms with van der Waals surface area (Å²) in [5, 5.41) is 13.2. The van der Waals surface area contributed by atoms with E-state index in [0.717, 1.165) is 0 Å². The molecular formula is C17H20N2O4. The number of carbonyl (C=O) groups is 2. The molecule has 3 N–H and O–H groups in total. The fourth-order valence-electron chi connectivity index (χ4n) is 2.56. The summed E-state index contributed by atoms with van der Waals surface area (Å²) in [5.74, 6) is -1.42. The van der Waals surface area contributed by atoms with Crippen molar-refractivity contribution in [2.24, 2.45) is 5.41 Å². The first-order valence-corrected chi connectivity index (χ1v) is 7.57. The SMILES string of the molecule is CCC(CC)(CNC(=O)c1cc2ccccc2c(=O)[nH]1)C(=O)O. The number of H-pyrrole nitrogens is 1. The van der Waals surface area contributed by atoms with Gasteiger partial charge in [0.15, 0.2) is 0 Å². The van der Waals surface area contributed by atoms with Gasteiger partial charge in [-0.25, -0.2) is 0 Å². The predicted molar refractivity (Wildman–Crippen MR) is 87.6 cm³/mol. The molecule has 0 saturated carbocycles. The minimum atomic E-state index is -0.993. The van der Waals surface area contributed by atoms with Crippen molar-refractivity contribution in [2.45, 2.75) is 26.7 Å². The van der Waals surface area contributed by atoms with E-state index in [2.05, 4.69) is 10.3 Å². The maximum Gasteiger partial charge on any atom is 0.311 e. The number of amides is 1. The van der Waals surface area contributed by atoms with Gasteiger partial charge in [0.25, 0.3) is 11.5 Å². The number of aromatic nitrogens is 1. The average molecular weight is 316 g/mol. The van der Waals surface area contributed by atoms with E-state index < -0.39 is 17.3 Å². The van der Waals surface area contributed by atoms with Crippen LogP contribution in [0.2, 0.25) is 0 Å². The number of hydrogen-bond donors (Lipinski definition) is 3. The number of fused-ring (bicyclic) bond motifs is 1. The third-order valence-electron chi connectivity index (χ3n) is 4.39. The number of nitrogens with one attached hydrogen (secondary N) is 2. The van der Waals surface area contributed by atoms with Gasteiger partial charge in [-0.05, 0) is 30.4 Å². The summed E-state index contributed by atoms with van der Waals surface area (Å²) in [6, 6.07) is 8.56. The van der Waals surface area contributed by atoms with Gasteiger partial charge in [-0.15, -0.1) is 0 Å². The molecule has 1 amide bonds. The molecule has 6 nitrogen and oxygen atoms in total. The Kier molecular flexibility index (Phi) is 4.83. The highest BCUT2D eigenvalue weighted by Crippen LogP contribution is 2.25. The lowest BCUT2D eigenvalue weighted by Crippen LogP contribution is -2.42. The predicted octanol–water partition coefficient (Wildman–Crippen LogP) is 2.15. The highest BCUT2D eigenvalue weighted by molar-refractivity contribution is 5.96. The van der Waals surface area contributed by atoms with E-state index in [-0.39, 0.29) is 17.8 Å². The lowest BCUT2D eigenvalue weighted by atomic mass is 9.82. The summed E-state index contributed by atoms with van der Waals surface area (Å²) in [5.41, 5.74) is -1.21. The van der Waals surface area contributed by atoms with Crippen molar-refractivity contribution in [3.63, 3.8) is 0 Å². The molecule has 0 radical (unpaired) electrons. The maximum atomic E-state index is 12.3. The molecule has 2 aromatic rings. The van der Waals surface area contributed by atoms with Crippen LogP contribution in [0.15, 0.2) is 35.1 Å². The summed E-state index contributed by atoms with van der Waals surface area (Å²) in [7, 11) is 0. The number of aromatic amines is 1. The van der Waals surface area contributed by atoms with Gasteiger partial charge in [0.1, 0.15) is 5.69 Å². The van der Waals surface area contributed by atoms with Gasteiger partial charge in [0, 0.05) is 11.9 Å². The normalized spacial score (nSPS) is 11.4. The van der Waals surface area contributed by atoms with Crippen LogP contribution in [0.1, 0.15) is 37.2 Å². The number of benzene rings is 1. The molecule has 0 atom stereocenters. The standard InChI is InChI=1S/C17H20N2O4/c1-3-17(4-2,16(22)23)10-18-15(21)13-9-11-7-5-6-8-12(11)14(20)19-13/h5-9H,3-4,10H2,1-2H3,(H,18,21)(H,19,20)(H,22,23). The Morgan fingerprint density at radius 1 is 1.22 bits per heavy atom. The second-order valence-electron chi connectivity index (χ2n) is 5.57. The maximum absolute atomic E-state index is 12.3. The summed E-state index contributed by atoms with van der Waals surface area (Å²) in [6.07, 6.45) is 0.820. The zero-order valence-electron chi connectivity index (χ0n) is 13.2. The van der Waals surface area contributed by atoms with Gasteiger partial charge in [-0.1, -0.05) is 32.0 Å². The molecule has 0 fully saturated rings. The van der Waals surface area contributed by atoms with Crippen molar-refractivity contribution in [1.82, 2.24) is 10.3 Å². The van der Waals surface area contributed by atoms with Crippen LogP contribution in [-0.2, 0) is 4.79 Å². The molecule has 0 saturated heterocycles. The van der Waals surface area contributed by atoms with Crippen LogP contribution >= 0.6 is 0 Å². The minimum absolute atomic E-state index is 0.0169. The van der Waals surface area contributed by atoms with E-state index >= 15 is 0 Å². The largest absolute Gasteiger partial charge is 0.481 e. The second kappa shape index (κ2) is 6.64. The second-order valence-corrected chi connectivity index (χ2v) is 5.57. The first kappa shape index (κ1) is 16.7. The van der Waals surface area contributed by atoms with Crippen molar-refractivity contribution in [1.29, 1.82) is 0 Å². The number of hydrogen-bond acceptors (Lipinski definition) is 3. The van der Waals surface area contributed by atoms with Crippen molar-refractivity contribution >= 4 is 22.6 Å². The van der Waals surface area contributed by atoms with E-state index in [1.54, 1.807) is 44.2 Å². The lowest BCUT2D eigenvalue weighted by molar-refractivity contribution is -0.149. The van der Waals surface area contributed by atoms with Gasteiger partial charge in [0.05, 0.1) is 5.41 Å². The molecule has 0 aliphatic rings. The van der Waals surface area contributed by atoms with Crippen molar-refractivity contribution in [3.8, 4) is 0 Å². The molecule has 0 bridgehead atoms. The average Bonchev–Trinajstić information content (AvgIpc) is 2.55. The molecule has 1 aromatic heterocycles. The van der Waals surface area contributed by atoms with Gasteiger partial charge < -0.3 is 15.4 Å². The Morgan fingerprint density at radius 2 is 1.87 bits per heavy atom. The molecule has 1 heterocycles. The van der Waals surface area contributed by atoms with Crippen LogP contribution < -0.4 is 10.9 Å². The van der Waals surface area contributed by atoms with Crippen LogP contribution in [0.5, 0.6) is 0 Å². The molecule has 122 valence electrons. The number of carbonyl (C=O) groups excluding carboxylic acids is 1. The Bertz CT molecular complexity index is 791. The molecule has 0 aliphatic carbocycles. The Labute approximate surface area is 133 Å². The van der Waals surface area contributed by atoms with Crippen molar-refractivity contribution < 1.29 is 14.7 Å². The van der Waals surface area contributed by atoms with E-state index in [1.807, 2.05) is 0 Å². The summed E-state index contributed by atoms with van der Waals surface area (Å²) in [4.78, 5) is 38.3. The zero-order chi connectivity index (χ0) is 17.0. The van der Waals surface area contributed by atoms with Gasteiger partial charge in [-0.2, -0.15) is 0 Å². The quantitative estimate of drug-likeness (QED) is 0.760. The molecule has 0 spiro atoms. The highest BCUT2D eigenvalue weighted by atomic mass is 16.4. The van der Waals surface area contributed by atoms with Crippen molar-refractivity contribution in [3.05, 3.63) is 46.4 Å². The molecule has 0 unspecified atom stereocenters. The van der Waals surface area contributed by atoms with Gasteiger partial charge in [0.2, 0.25) is 0 Å². The van der Waals surface area contributed by atoms with Crippen LogP contribution in [-0.4, -0.2) is 28.5 Å². The molecule has 23 heavy (non-hydrogen) atoms. The van der Waals surface area contributed by atoms with Gasteiger partial charge in [-0.3, -0.25) is 14.4 Å². The number of pyridine rings is 1. The van der Waals surface area contributed by atoms with E-state index in [1.165, 1.54) is 0 Å². The number of carboxylic acid groups (broad SMARTS) is 1. The Balaban J connectivity index is 2.24. The fraction of sp³-hybridized carbons (Fsp3) is 0.353. The van der Waals surface area contributed by atoms with Crippen LogP contribution in [0, 0.1) is 5.41 Å². The topological polar surface area (TPSA) is 99.3 Å². The first-order chi connectivity index (χ1) is 10.9. The minimum Gasteiger partial charge on any atom is -0.481 e. The van der Waals surface area contributed by atoms with Crippen LogP contribution in [0.25, 0.3) is 10.8 Å². The molecule has 0 aliphatic heterocycles. The molecular weight excluding hydrogens is 296 g/mol. The molecule has 2 rings (SSSR count). The Morgan fingerprint density at radius 3 is 2.48 bits per heavy atom. The monoisotopic (exact) mass is 316 g/mol. The summed E-state index contributed by atoms with van der Waals surface area (Å²) < 4.78 is 0. The smallest absolute Gasteiger partial charge is 0.311 e. The fourth-order valence-corrected chi connectivity index (χ4v) is 2.56. The third-order valence-corrected chi connectivity index (χ3v) is 4.39. The van der Waals surface area contributed by atoms with Gasteiger partial charge >= 0.3 is 5.97 Å². The summed E-state index contributed by atoms with van der Waals surface area (Å²) in [6.45, 7) is 3.58. The lowest BCUT2D eigenvalue weighted by Gasteiger charge is -2.26. The first-order valence-electron chi connectivity index (χ1n) is 7.57. The molecule has 1 aromatic carbocycles. The van der Waals surface area contributed by atoms with Crippen LogP contribution in [0.4, 0.5) is 0 Å². The number of carboxylic acids is 1. The van der Waals surface area contributed by atoms with E-state index in [4.69, 9.17) is 0 Å². The molecule has 6 heteroatoms. The van der Waals surface area contributed by atoms with Crippen LogP contribution in [0.3, 0.4) is 0 Å². The van der Waals surface area contributed by atoms with E-state index in [0.29, 0.717) is 23.6 Å². The Hall–Kier alpha value is -2.63.